The Balaban J connectivity index is 2.86. The van der Waals surface area contributed by atoms with Gasteiger partial charge in [0.15, 0.2) is 0 Å². The van der Waals surface area contributed by atoms with Gasteiger partial charge in [0, 0.05) is 6.04 Å². The first kappa shape index (κ1) is 11.6. The van der Waals surface area contributed by atoms with Gasteiger partial charge in [-0.2, -0.15) is 0 Å². The maximum Gasteiger partial charge on any atom is 0.254 e. The highest BCUT2D eigenvalue weighted by atomic mass is 19.1. The lowest BCUT2D eigenvalue weighted by molar-refractivity contribution is 0.0917. The lowest BCUT2D eigenvalue weighted by Crippen LogP contribution is -2.35. The summed E-state index contributed by atoms with van der Waals surface area (Å²) in [7, 11) is 0. The van der Waals surface area contributed by atoms with Crippen LogP contribution in [-0.2, 0) is 0 Å². The topological polar surface area (TPSA) is 49.3 Å². The van der Waals surface area contributed by atoms with Crippen molar-refractivity contribution in [3.63, 3.8) is 0 Å². The van der Waals surface area contributed by atoms with Crippen molar-refractivity contribution in [3.8, 4) is 0 Å². The molecule has 0 saturated heterocycles. The molecule has 0 aliphatic heterocycles. The molecule has 1 rings (SSSR count). The number of carbonyl (C=O) groups is 1. The van der Waals surface area contributed by atoms with Gasteiger partial charge in [0.2, 0.25) is 0 Å². The van der Waals surface area contributed by atoms with Crippen LogP contribution in [0.15, 0.2) is 18.2 Å². The first-order valence-corrected chi connectivity index (χ1v) is 4.41. The fourth-order valence-corrected chi connectivity index (χ4v) is 1.02. The van der Waals surface area contributed by atoms with Crippen molar-refractivity contribution >= 4 is 5.91 Å². The molecule has 3 nitrogen and oxygen atoms in total. The molecule has 0 radical (unpaired) electrons. The third kappa shape index (κ3) is 2.99. The van der Waals surface area contributed by atoms with Crippen LogP contribution in [0.1, 0.15) is 17.3 Å². The maximum absolute atomic E-state index is 13.1. The summed E-state index contributed by atoms with van der Waals surface area (Å²) < 4.78 is 25.8. The Morgan fingerprint density at radius 2 is 2.20 bits per heavy atom. The third-order valence-corrected chi connectivity index (χ3v) is 1.82. The molecule has 1 aromatic rings. The van der Waals surface area contributed by atoms with Crippen molar-refractivity contribution in [2.75, 3.05) is 6.61 Å². The molecule has 2 N–H and O–H groups in total. The van der Waals surface area contributed by atoms with E-state index in [-0.39, 0.29) is 12.2 Å². The predicted octanol–water partition coefficient (Wildman–Crippen LogP) is 1.08. The van der Waals surface area contributed by atoms with Crippen LogP contribution >= 0.6 is 0 Å². The molecule has 1 atom stereocenters. The van der Waals surface area contributed by atoms with Crippen LogP contribution in [0.2, 0.25) is 0 Å². The highest BCUT2D eigenvalue weighted by molar-refractivity contribution is 5.94. The number of aliphatic hydroxyl groups is 1. The molecule has 5 heteroatoms. The molecule has 0 aromatic heterocycles. The normalized spacial score (nSPS) is 12.3. The summed E-state index contributed by atoms with van der Waals surface area (Å²) in [5.74, 6) is -2.22. The van der Waals surface area contributed by atoms with Crippen LogP contribution in [0.25, 0.3) is 0 Å². The van der Waals surface area contributed by atoms with Crippen LogP contribution in [0.4, 0.5) is 8.78 Å². The summed E-state index contributed by atoms with van der Waals surface area (Å²) in [6, 6.07) is 2.13. The number of benzene rings is 1. The second kappa shape index (κ2) is 4.84. The van der Waals surface area contributed by atoms with Gasteiger partial charge in [0.1, 0.15) is 11.6 Å². The molecule has 1 amide bonds. The molecule has 0 aliphatic rings. The van der Waals surface area contributed by atoms with Gasteiger partial charge in [0.25, 0.3) is 5.91 Å². The van der Waals surface area contributed by atoms with E-state index in [1.165, 1.54) is 0 Å². The number of halogens is 2. The van der Waals surface area contributed by atoms with E-state index in [1.807, 2.05) is 0 Å². The summed E-state index contributed by atoms with van der Waals surface area (Å²) in [4.78, 5) is 11.4. The molecule has 0 bridgehead atoms. The monoisotopic (exact) mass is 215 g/mol. The minimum absolute atomic E-state index is 0.261. The van der Waals surface area contributed by atoms with Crippen LogP contribution in [0, 0.1) is 11.6 Å². The number of rotatable bonds is 3. The Hall–Kier alpha value is -1.49. The maximum atomic E-state index is 13.1. The minimum atomic E-state index is -0.793. The first-order valence-electron chi connectivity index (χ1n) is 4.41. The van der Waals surface area contributed by atoms with Crippen molar-refractivity contribution in [3.05, 3.63) is 35.4 Å². The Kier molecular flexibility index (Phi) is 3.74. The average molecular weight is 215 g/mol. The van der Waals surface area contributed by atoms with Gasteiger partial charge in [0.05, 0.1) is 12.2 Å². The average Bonchev–Trinajstić information content (AvgIpc) is 2.21. The van der Waals surface area contributed by atoms with Crippen molar-refractivity contribution in [2.45, 2.75) is 13.0 Å². The molecule has 0 heterocycles. The lowest BCUT2D eigenvalue weighted by atomic mass is 10.2. The van der Waals surface area contributed by atoms with Crippen molar-refractivity contribution in [2.24, 2.45) is 0 Å². The second-order valence-corrected chi connectivity index (χ2v) is 3.18. The predicted molar refractivity (Wildman–Crippen MR) is 50.4 cm³/mol. The number of hydrogen-bond acceptors (Lipinski definition) is 2. The van der Waals surface area contributed by atoms with Gasteiger partial charge in [-0.3, -0.25) is 4.79 Å². The van der Waals surface area contributed by atoms with Gasteiger partial charge in [-0.05, 0) is 25.1 Å². The molecule has 82 valence electrons. The quantitative estimate of drug-likeness (QED) is 0.792. The van der Waals surface area contributed by atoms with E-state index < -0.39 is 23.6 Å². The molecular formula is C10H11F2NO2. The summed E-state index contributed by atoms with van der Waals surface area (Å²) >= 11 is 0. The molecular weight excluding hydrogens is 204 g/mol. The fraction of sp³-hybridized carbons (Fsp3) is 0.300. The van der Waals surface area contributed by atoms with Gasteiger partial charge in [-0.25, -0.2) is 8.78 Å². The van der Waals surface area contributed by atoms with E-state index in [9.17, 15) is 13.6 Å². The van der Waals surface area contributed by atoms with Crippen LogP contribution in [0.5, 0.6) is 0 Å². The Morgan fingerprint density at radius 3 is 2.80 bits per heavy atom. The Morgan fingerprint density at radius 1 is 1.53 bits per heavy atom. The minimum Gasteiger partial charge on any atom is -0.394 e. The Labute approximate surface area is 85.7 Å². The van der Waals surface area contributed by atoms with E-state index in [0.29, 0.717) is 0 Å². The number of hydrogen-bond donors (Lipinski definition) is 2. The SMILES string of the molecule is CC(CO)NC(=O)c1cc(F)ccc1F. The Bertz CT molecular complexity index is 368. The number of aliphatic hydroxyl groups excluding tert-OH is 1. The van der Waals surface area contributed by atoms with E-state index in [2.05, 4.69) is 5.32 Å². The van der Waals surface area contributed by atoms with Crippen molar-refractivity contribution in [1.82, 2.24) is 5.32 Å². The largest absolute Gasteiger partial charge is 0.394 e. The smallest absolute Gasteiger partial charge is 0.254 e. The zero-order valence-electron chi connectivity index (χ0n) is 8.13. The van der Waals surface area contributed by atoms with Gasteiger partial charge in [-0.15, -0.1) is 0 Å². The van der Waals surface area contributed by atoms with E-state index >= 15 is 0 Å². The van der Waals surface area contributed by atoms with Gasteiger partial charge in [-0.1, -0.05) is 0 Å². The highest BCUT2D eigenvalue weighted by Crippen LogP contribution is 2.09. The standard InChI is InChI=1S/C10H11F2NO2/c1-6(5-14)13-10(15)8-4-7(11)2-3-9(8)12/h2-4,6,14H,5H2,1H3,(H,13,15). The van der Waals surface area contributed by atoms with E-state index in [1.54, 1.807) is 6.92 Å². The van der Waals surface area contributed by atoms with Crippen LogP contribution < -0.4 is 5.32 Å². The number of nitrogens with one attached hydrogen (secondary N) is 1. The molecule has 1 unspecified atom stereocenters. The highest BCUT2D eigenvalue weighted by Gasteiger charge is 2.14. The lowest BCUT2D eigenvalue weighted by Gasteiger charge is -2.10. The molecule has 0 aliphatic carbocycles. The molecule has 0 saturated carbocycles. The van der Waals surface area contributed by atoms with Crippen LogP contribution in [-0.4, -0.2) is 23.7 Å². The fourth-order valence-electron chi connectivity index (χ4n) is 1.02. The zero-order chi connectivity index (χ0) is 11.4. The summed E-state index contributed by atoms with van der Waals surface area (Å²) in [6.07, 6.45) is 0. The number of amides is 1. The summed E-state index contributed by atoms with van der Waals surface area (Å²) in [6.45, 7) is 1.29. The summed E-state index contributed by atoms with van der Waals surface area (Å²) in [5.41, 5.74) is -0.365. The third-order valence-electron chi connectivity index (χ3n) is 1.82. The zero-order valence-corrected chi connectivity index (χ0v) is 8.13. The molecule has 0 fully saturated rings. The molecule has 15 heavy (non-hydrogen) atoms. The van der Waals surface area contributed by atoms with Gasteiger partial charge < -0.3 is 10.4 Å². The summed E-state index contributed by atoms with van der Waals surface area (Å²) in [5, 5.41) is 11.0. The molecule has 1 aromatic carbocycles. The van der Waals surface area contributed by atoms with Gasteiger partial charge >= 0.3 is 0 Å². The van der Waals surface area contributed by atoms with Crippen molar-refractivity contribution < 1.29 is 18.7 Å². The van der Waals surface area contributed by atoms with Crippen molar-refractivity contribution in [1.29, 1.82) is 0 Å². The molecule has 0 spiro atoms. The van der Waals surface area contributed by atoms with E-state index in [0.717, 1.165) is 18.2 Å². The van der Waals surface area contributed by atoms with E-state index in [4.69, 9.17) is 5.11 Å². The first-order chi connectivity index (χ1) is 7.04. The van der Waals surface area contributed by atoms with Crippen LogP contribution in [0.3, 0.4) is 0 Å². The number of carbonyl (C=O) groups excluding carboxylic acids is 1. The second-order valence-electron chi connectivity index (χ2n) is 3.18.